The summed E-state index contributed by atoms with van der Waals surface area (Å²) in [6.45, 7) is 0.282. The Kier molecular flexibility index (Phi) is 8.26. The third kappa shape index (κ3) is 10.1. The fraction of sp³-hybridized carbons (Fsp3) is 0.800. The van der Waals surface area contributed by atoms with Crippen molar-refractivity contribution >= 4 is 27.6 Å². The van der Waals surface area contributed by atoms with Crippen molar-refractivity contribution in [1.82, 2.24) is 0 Å². The molecule has 0 fully saturated rings. The van der Waals surface area contributed by atoms with Crippen LogP contribution in [-0.2, 0) is 9.68 Å². The standard InChI is InChI=1S/C5H10O4S2/c6-5(7)1-3-10-11-4-2-9-8/h8H,1-4H2,(H,6,7). The Morgan fingerprint density at radius 1 is 1.36 bits per heavy atom. The molecule has 0 radical (unpaired) electrons. The minimum Gasteiger partial charge on any atom is -0.481 e. The highest BCUT2D eigenvalue weighted by Crippen LogP contribution is 2.21. The van der Waals surface area contributed by atoms with E-state index < -0.39 is 5.97 Å². The van der Waals surface area contributed by atoms with E-state index in [0.717, 1.165) is 0 Å². The van der Waals surface area contributed by atoms with E-state index in [1.807, 2.05) is 0 Å². The summed E-state index contributed by atoms with van der Waals surface area (Å²) in [5.41, 5.74) is 0. The minimum atomic E-state index is -0.781. The van der Waals surface area contributed by atoms with Crippen LogP contribution < -0.4 is 0 Å². The molecule has 0 aliphatic carbocycles. The predicted octanol–water partition coefficient (Wildman–Crippen LogP) is 1.33. The lowest BCUT2D eigenvalue weighted by Crippen LogP contribution is -1.95. The zero-order valence-corrected chi connectivity index (χ0v) is 7.49. The number of rotatable bonds is 7. The summed E-state index contributed by atoms with van der Waals surface area (Å²) in [5.74, 6) is 0.475. The molecule has 0 rings (SSSR count). The molecule has 0 amide bonds. The summed E-state index contributed by atoms with van der Waals surface area (Å²) in [7, 11) is 2.95. The Morgan fingerprint density at radius 2 is 2.00 bits per heavy atom. The zero-order valence-electron chi connectivity index (χ0n) is 5.86. The molecule has 11 heavy (non-hydrogen) atoms. The molecule has 0 spiro atoms. The molecule has 0 aromatic heterocycles. The van der Waals surface area contributed by atoms with Gasteiger partial charge in [-0.25, -0.2) is 4.89 Å². The molecule has 0 atom stereocenters. The van der Waals surface area contributed by atoms with Crippen LogP contribution in [0.15, 0.2) is 0 Å². The van der Waals surface area contributed by atoms with Gasteiger partial charge in [0.25, 0.3) is 0 Å². The summed E-state index contributed by atoms with van der Waals surface area (Å²) < 4.78 is 0. The number of carboxylic acid groups (broad SMARTS) is 1. The quantitative estimate of drug-likeness (QED) is 0.278. The van der Waals surface area contributed by atoms with Crippen LogP contribution in [0.4, 0.5) is 0 Å². The van der Waals surface area contributed by atoms with Gasteiger partial charge in [0.1, 0.15) is 0 Å². The Bertz CT molecular complexity index is 109. The summed E-state index contributed by atoms with van der Waals surface area (Å²) in [5, 5.41) is 16.1. The maximum atomic E-state index is 10.0. The van der Waals surface area contributed by atoms with Crippen LogP contribution in [-0.4, -0.2) is 34.4 Å². The average Bonchev–Trinajstić information content (AvgIpc) is 1.96. The van der Waals surface area contributed by atoms with E-state index >= 15 is 0 Å². The van der Waals surface area contributed by atoms with Crippen molar-refractivity contribution in [1.29, 1.82) is 0 Å². The van der Waals surface area contributed by atoms with Crippen molar-refractivity contribution in [2.45, 2.75) is 6.42 Å². The van der Waals surface area contributed by atoms with Crippen molar-refractivity contribution in [3.8, 4) is 0 Å². The van der Waals surface area contributed by atoms with Crippen molar-refractivity contribution in [2.75, 3.05) is 18.1 Å². The van der Waals surface area contributed by atoms with Crippen LogP contribution in [0.2, 0.25) is 0 Å². The van der Waals surface area contributed by atoms with Gasteiger partial charge in [-0.05, 0) is 0 Å². The normalized spacial score (nSPS) is 9.91. The number of carboxylic acids is 1. The lowest BCUT2D eigenvalue weighted by atomic mass is 10.5. The highest BCUT2D eigenvalue weighted by atomic mass is 33.1. The van der Waals surface area contributed by atoms with Crippen molar-refractivity contribution in [2.24, 2.45) is 0 Å². The van der Waals surface area contributed by atoms with Crippen molar-refractivity contribution < 1.29 is 20.0 Å². The van der Waals surface area contributed by atoms with Gasteiger partial charge in [-0.15, -0.1) is 0 Å². The fourth-order valence-electron chi connectivity index (χ4n) is 0.318. The molecule has 0 aromatic rings. The molecule has 6 heteroatoms. The van der Waals surface area contributed by atoms with E-state index in [0.29, 0.717) is 11.5 Å². The third-order valence-electron chi connectivity index (χ3n) is 0.741. The molecule has 0 aromatic carbocycles. The zero-order chi connectivity index (χ0) is 8.53. The Hall–Kier alpha value is 0.0900. The second-order valence-corrected chi connectivity index (χ2v) is 4.32. The smallest absolute Gasteiger partial charge is 0.304 e. The molecule has 0 unspecified atom stereocenters. The van der Waals surface area contributed by atoms with Gasteiger partial charge in [-0.1, -0.05) is 21.6 Å². The van der Waals surface area contributed by atoms with Crippen LogP contribution in [0, 0.1) is 0 Å². The van der Waals surface area contributed by atoms with Gasteiger partial charge in [-0.3, -0.25) is 10.1 Å². The van der Waals surface area contributed by atoms with Gasteiger partial charge in [0.15, 0.2) is 0 Å². The second kappa shape index (κ2) is 8.19. The number of carbonyl (C=O) groups is 1. The molecule has 2 N–H and O–H groups in total. The monoisotopic (exact) mass is 198 g/mol. The van der Waals surface area contributed by atoms with Gasteiger partial charge < -0.3 is 5.11 Å². The summed E-state index contributed by atoms with van der Waals surface area (Å²) in [4.78, 5) is 13.8. The molecule has 0 bridgehead atoms. The number of aliphatic carboxylic acids is 1. The molecule has 0 heterocycles. The van der Waals surface area contributed by atoms with Crippen molar-refractivity contribution in [3.63, 3.8) is 0 Å². The van der Waals surface area contributed by atoms with Gasteiger partial charge in [0.2, 0.25) is 0 Å². The molecular weight excluding hydrogens is 188 g/mol. The van der Waals surface area contributed by atoms with E-state index in [1.54, 1.807) is 0 Å². The molecular formula is C5H10O4S2. The highest BCUT2D eigenvalue weighted by Gasteiger charge is 1.96. The lowest BCUT2D eigenvalue weighted by Gasteiger charge is -1.96. The molecule has 0 aliphatic heterocycles. The van der Waals surface area contributed by atoms with Crippen LogP contribution in [0.3, 0.4) is 0 Å². The summed E-state index contributed by atoms with van der Waals surface area (Å²) >= 11 is 0. The van der Waals surface area contributed by atoms with Crippen LogP contribution >= 0.6 is 21.6 Å². The fourth-order valence-corrected chi connectivity index (χ4v) is 2.12. The number of hydrogen-bond acceptors (Lipinski definition) is 5. The van der Waals surface area contributed by atoms with Crippen molar-refractivity contribution in [3.05, 3.63) is 0 Å². The van der Waals surface area contributed by atoms with E-state index in [9.17, 15) is 4.79 Å². The first-order chi connectivity index (χ1) is 5.27. The van der Waals surface area contributed by atoms with Gasteiger partial charge >= 0.3 is 5.97 Å². The predicted molar refractivity (Wildman–Crippen MR) is 45.7 cm³/mol. The van der Waals surface area contributed by atoms with Crippen LogP contribution in [0.5, 0.6) is 0 Å². The first-order valence-electron chi connectivity index (χ1n) is 3.00. The van der Waals surface area contributed by atoms with E-state index in [1.165, 1.54) is 21.6 Å². The first kappa shape index (κ1) is 11.1. The lowest BCUT2D eigenvalue weighted by molar-refractivity contribution is -0.236. The molecule has 0 aliphatic rings. The van der Waals surface area contributed by atoms with Gasteiger partial charge in [-0.2, -0.15) is 0 Å². The average molecular weight is 198 g/mol. The molecule has 66 valence electrons. The Morgan fingerprint density at radius 3 is 2.55 bits per heavy atom. The first-order valence-corrected chi connectivity index (χ1v) is 5.48. The van der Waals surface area contributed by atoms with E-state index in [-0.39, 0.29) is 13.0 Å². The summed E-state index contributed by atoms with van der Waals surface area (Å²) in [6, 6.07) is 0. The minimum absolute atomic E-state index is 0.178. The van der Waals surface area contributed by atoms with Crippen LogP contribution in [0.25, 0.3) is 0 Å². The highest BCUT2D eigenvalue weighted by molar-refractivity contribution is 8.76. The second-order valence-electron chi connectivity index (χ2n) is 1.62. The largest absolute Gasteiger partial charge is 0.481 e. The van der Waals surface area contributed by atoms with E-state index in [2.05, 4.69) is 4.89 Å². The Balaban J connectivity index is 2.85. The molecule has 0 saturated heterocycles. The van der Waals surface area contributed by atoms with E-state index in [4.69, 9.17) is 10.4 Å². The maximum Gasteiger partial charge on any atom is 0.304 e. The molecule has 0 saturated carbocycles. The van der Waals surface area contributed by atoms with Crippen LogP contribution in [0.1, 0.15) is 6.42 Å². The topological polar surface area (TPSA) is 66.8 Å². The molecule has 4 nitrogen and oxygen atoms in total. The summed E-state index contributed by atoms with van der Waals surface area (Å²) in [6.07, 6.45) is 0.178. The maximum absolute atomic E-state index is 10.0. The van der Waals surface area contributed by atoms with Gasteiger partial charge in [0.05, 0.1) is 13.0 Å². The SMILES string of the molecule is O=C(O)CCSSCCOO. The number of hydrogen-bond donors (Lipinski definition) is 2. The van der Waals surface area contributed by atoms with Gasteiger partial charge in [0, 0.05) is 11.5 Å². The third-order valence-corrected chi connectivity index (χ3v) is 3.11. The Labute approximate surface area is 72.6 Å².